The maximum Gasteiger partial charge on any atom is 0.243 e. The number of hydrogen-bond donors (Lipinski definition) is 1. The number of benzene rings is 2. The Morgan fingerprint density at radius 3 is 2.27 bits per heavy atom. The molecule has 0 bridgehead atoms. The molecule has 0 radical (unpaired) electrons. The van der Waals surface area contributed by atoms with Gasteiger partial charge in [-0.15, -0.1) is 0 Å². The number of halogens is 1. The van der Waals surface area contributed by atoms with E-state index < -0.39 is 10.0 Å². The van der Waals surface area contributed by atoms with E-state index in [-0.39, 0.29) is 5.82 Å². The Kier molecular flexibility index (Phi) is 5.55. The summed E-state index contributed by atoms with van der Waals surface area (Å²) in [5.74, 6) is -0.379. The topological polar surface area (TPSA) is 52.7 Å². The van der Waals surface area contributed by atoms with Crippen molar-refractivity contribution in [1.29, 1.82) is 0 Å². The van der Waals surface area contributed by atoms with Crippen LogP contribution in [0.2, 0.25) is 0 Å². The zero-order valence-electron chi connectivity index (χ0n) is 14.4. The molecule has 0 spiro atoms. The molecule has 1 aliphatic rings. The Balaban J connectivity index is 1.62. The van der Waals surface area contributed by atoms with Crippen molar-refractivity contribution < 1.29 is 12.8 Å². The lowest BCUT2D eigenvalue weighted by Gasteiger charge is -2.35. The summed E-state index contributed by atoms with van der Waals surface area (Å²) in [4.78, 5) is 2.15. The highest BCUT2D eigenvalue weighted by Gasteiger charge is 2.29. The van der Waals surface area contributed by atoms with E-state index in [2.05, 4.69) is 5.32 Å². The van der Waals surface area contributed by atoms with Crippen LogP contribution in [0.25, 0.3) is 0 Å². The Labute approximate surface area is 158 Å². The first-order valence-electron chi connectivity index (χ1n) is 8.25. The van der Waals surface area contributed by atoms with Crippen molar-refractivity contribution in [2.75, 3.05) is 31.5 Å². The number of piperazine rings is 1. The van der Waals surface area contributed by atoms with Crippen molar-refractivity contribution in [3.05, 3.63) is 59.9 Å². The molecule has 1 heterocycles. The normalized spacial score (nSPS) is 15.7. The molecule has 1 N–H and O–H groups in total. The minimum Gasteiger partial charge on any atom is -0.346 e. The summed E-state index contributed by atoms with van der Waals surface area (Å²) in [5.41, 5.74) is 1.32. The third kappa shape index (κ3) is 4.03. The van der Waals surface area contributed by atoms with Crippen LogP contribution in [-0.2, 0) is 10.0 Å². The molecule has 0 aromatic heterocycles. The third-order valence-corrected chi connectivity index (χ3v) is 6.57. The molecule has 0 amide bonds. The molecule has 8 heteroatoms. The molecule has 0 unspecified atom stereocenters. The predicted octanol–water partition coefficient (Wildman–Crippen LogP) is 2.84. The van der Waals surface area contributed by atoms with Crippen LogP contribution < -0.4 is 5.32 Å². The van der Waals surface area contributed by atoms with Gasteiger partial charge in [-0.1, -0.05) is 29.8 Å². The van der Waals surface area contributed by atoms with Crippen LogP contribution in [0.1, 0.15) is 5.56 Å². The van der Waals surface area contributed by atoms with Gasteiger partial charge in [0.05, 0.1) is 10.6 Å². The zero-order chi connectivity index (χ0) is 18.7. The summed E-state index contributed by atoms with van der Waals surface area (Å²) in [6.45, 7) is 3.47. The van der Waals surface area contributed by atoms with Crippen LogP contribution in [0.4, 0.5) is 10.1 Å². The predicted molar refractivity (Wildman–Crippen MR) is 104 cm³/mol. The number of thiocarbonyl (C=S) groups is 1. The highest BCUT2D eigenvalue weighted by molar-refractivity contribution is 7.89. The summed E-state index contributed by atoms with van der Waals surface area (Å²) in [5, 5.41) is 3.28. The molecule has 1 aliphatic heterocycles. The highest BCUT2D eigenvalue weighted by atomic mass is 32.2. The third-order valence-electron chi connectivity index (χ3n) is 4.30. The molecular formula is C18H20FN3O2S2. The van der Waals surface area contributed by atoms with Gasteiger partial charge in [0, 0.05) is 26.2 Å². The second kappa shape index (κ2) is 7.69. The van der Waals surface area contributed by atoms with E-state index in [0.29, 0.717) is 41.9 Å². The second-order valence-corrected chi connectivity index (χ2v) is 8.44. The number of nitrogens with zero attached hydrogens (tertiary/aromatic N) is 2. The standard InChI is InChI=1S/C18H20FN3O2S2/c1-14-6-8-15(9-7-14)26(23,24)22-12-10-21(11-13-22)18(25)20-17-5-3-2-4-16(17)19/h2-9H,10-13H2,1H3,(H,20,25). The van der Waals surface area contributed by atoms with Gasteiger partial charge < -0.3 is 10.2 Å². The Bertz CT molecular complexity index is 893. The average molecular weight is 394 g/mol. The summed E-state index contributed by atoms with van der Waals surface area (Å²) < 4.78 is 40.6. The highest BCUT2D eigenvalue weighted by Crippen LogP contribution is 2.19. The Morgan fingerprint density at radius 2 is 1.65 bits per heavy atom. The van der Waals surface area contributed by atoms with Crippen molar-refractivity contribution >= 4 is 33.0 Å². The molecule has 2 aromatic carbocycles. The average Bonchev–Trinajstić information content (AvgIpc) is 2.64. The van der Waals surface area contributed by atoms with Crippen LogP contribution in [0.15, 0.2) is 53.4 Å². The van der Waals surface area contributed by atoms with Crippen molar-refractivity contribution in [3.63, 3.8) is 0 Å². The van der Waals surface area contributed by atoms with Gasteiger partial charge in [-0.3, -0.25) is 0 Å². The van der Waals surface area contributed by atoms with Crippen molar-refractivity contribution in [3.8, 4) is 0 Å². The van der Waals surface area contributed by atoms with E-state index in [1.807, 2.05) is 11.8 Å². The van der Waals surface area contributed by atoms with Gasteiger partial charge in [-0.05, 0) is 43.4 Å². The molecule has 0 atom stereocenters. The summed E-state index contributed by atoms with van der Waals surface area (Å²) >= 11 is 5.34. The molecule has 138 valence electrons. The maximum atomic E-state index is 13.7. The lowest BCUT2D eigenvalue weighted by molar-refractivity contribution is 0.268. The summed E-state index contributed by atoms with van der Waals surface area (Å²) in [7, 11) is -3.51. The fourth-order valence-electron chi connectivity index (χ4n) is 2.75. The monoisotopic (exact) mass is 393 g/mol. The number of sulfonamides is 1. The van der Waals surface area contributed by atoms with Gasteiger partial charge in [0.15, 0.2) is 5.11 Å². The molecule has 1 saturated heterocycles. The smallest absolute Gasteiger partial charge is 0.243 e. The Morgan fingerprint density at radius 1 is 1.04 bits per heavy atom. The summed E-state index contributed by atoms with van der Waals surface area (Å²) in [6, 6.07) is 13.1. The van der Waals surface area contributed by atoms with Gasteiger partial charge in [0.2, 0.25) is 10.0 Å². The first-order chi connectivity index (χ1) is 12.4. The largest absolute Gasteiger partial charge is 0.346 e. The number of hydrogen-bond acceptors (Lipinski definition) is 3. The van der Waals surface area contributed by atoms with E-state index in [1.54, 1.807) is 42.5 Å². The fourth-order valence-corrected chi connectivity index (χ4v) is 4.46. The van der Waals surface area contributed by atoms with Crippen LogP contribution >= 0.6 is 12.2 Å². The second-order valence-electron chi connectivity index (χ2n) is 6.11. The van der Waals surface area contributed by atoms with Crippen molar-refractivity contribution in [1.82, 2.24) is 9.21 Å². The van der Waals surface area contributed by atoms with Crippen LogP contribution in [0, 0.1) is 12.7 Å². The molecule has 0 saturated carbocycles. The van der Waals surface area contributed by atoms with Crippen molar-refractivity contribution in [2.24, 2.45) is 0 Å². The molecule has 26 heavy (non-hydrogen) atoms. The molecule has 3 rings (SSSR count). The fraction of sp³-hybridized carbons (Fsp3) is 0.278. The van der Waals surface area contributed by atoms with Gasteiger partial charge in [0.25, 0.3) is 0 Å². The first-order valence-corrected chi connectivity index (χ1v) is 10.1. The minimum atomic E-state index is -3.51. The quantitative estimate of drug-likeness (QED) is 0.813. The lowest BCUT2D eigenvalue weighted by Crippen LogP contribution is -2.51. The van der Waals surface area contributed by atoms with Crippen LogP contribution in [-0.4, -0.2) is 48.9 Å². The van der Waals surface area contributed by atoms with Gasteiger partial charge in [-0.2, -0.15) is 4.31 Å². The van der Waals surface area contributed by atoms with E-state index in [9.17, 15) is 12.8 Å². The molecule has 5 nitrogen and oxygen atoms in total. The number of rotatable bonds is 3. The van der Waals surface area contributed by atoms with Gasteiger partial charge >= 0.3 is 0 Å². The number of anilines is 1. The maximum absolute atomic E-state index is 13.7. The van der Waals surface area contributed by atoms with Gasteiger partial charge in [-0.25, -0.2) is 12.8 Å². The van der Waals surface area contributed by atoms with E-state index in [0.717, 1.165) is 5.56 Å². The number of para-hydroxylation sites is 1. The van der Waals surface area contributed by atoms with E-state index >= 15 is 0 Å². The van der Waals surface area contributed by atoms with Crippen molar-refractivity contribution in [2.45, 2.75) is 11.8 Å². The van der Waals surface area contributed by atoms with Crippen LogP contribution in [0.3, 0.4) is 0 Å². The number of aryl methyl sites for hydroxylation is 1. The van der Waals surface area contributed by atoms with Crippen LogP contribution in [0.5, 0.6) is 0 Å². The Hall–Kier alpha value is -2.03. The van der Waals surface area contributed by atoms with E-state index in [1.165, 1.54) is 10.4 Å². The SMILES string of the molecule is Cc1ccc(S(=O)(=O)N2CCN(C(=S)Nc3ccccc3F)CC2)cc1. The first kappa shape index (κ1) is 18.8. The molecule has 0 aliphatic carbocycles. The zero-order valence-corrected chi connectivity index (χ0v) is 16.0. The molecular weight excluding hydrogens is 373 g/mol. The molecule has 2 aromatic rings. The molecule has 1 fully saturated rings. The lowest BCUT2D eigenvalue weighted by atomic mass is 10.2. The minimum absolute atomic E-state index is 0.295. The van der Waals surface area contributed by atoms with E-state index in [4.69, 9.17) is 12.2 Å². The number of nitrogens with one attached hydrogen (secondary N) is 1. The van der Waals surface area contributed by atoms with Gasteiger partial charge in [0.1, 0.15) is 5.82 Å². The summed E-state index contributed by atoms with van der Waals surface area (Å²) in [6.07, 6.45) is 0.